The Morgan fingerprint density at radius 3 is 2.03 bits per heavy atom. The van der Waals surface area contributed by atoms with E-state index in [1.54, 1.807) is 24.9 Å². The largest absolute Gasteiger partial charge is 0.497 e. The maximum atomic E-state index is 5.79. The molecule has 0 amide bonds. The van der Waals surface area contributed by atoms with Gasteiger partial charge in [0.25, 0.3) is 0 Å². The van der Waals surface area contributed by atoms with Crippen LogP contribution in [0.3, 0.4) is 0 Å². The summed E-state index contributed by atoms with van der Waals surface area (Å²) >= 11 is 0. The average molecular weight is 783 g/mol. The van der Waals surface area contributed by atoms with E-state index in [-0.39, 0.29) is 5.41 Å². The summed E-state index contributed by atoms with van der Waals surface area (Å²) in [7, 11) is 3.46. The number of benzene rings is 2. The minimum atomic E-state index is -0.136. The van der Waals surface area contributed by atoms with Crippen LogP contribution in [0.2, 0.25) is 0 Å². The number of para-hydroxylation sites is 1. The van der Waals surface area contributed by atoms with Gasteiger partial charge in [0, 0.05) is 40.3 Å². The zero-order valence-corrected chi connectivity index (χ0v) is 35.9. The number of hydrogen-bond acceptors (Lipinski definition) is 7. The molecular weight excluding hydrogens is 717 g/mol. The number of ether oxygens (including phenoxy) is 2. The minimum absolute atomic E-state index is 0.136. The van der Waals surface area contributed by atoms with Crippen LogP contribution in [-0.2, 0) is 5.41 Å². The van der Waals surface area contributed by atoms with E-state index in [9.17, 15) is 0 Å². The fourth-order valence-corrected chi connectivity index (χ4v) is 8.61. The molecule has 5 aromatic rings. The topological polar surface area (TPSA) is 77.7 Å². The lowest BCUT2D eigenvalue weighted by atomic mass is 9.77. The zero-order chi connectivity index (χ0) is 40.6. The molecule has 1 atom stereocenters. The Bertz CT molecular complexity index is 2140. The molecule has 0 N–H and O–H groups in total. The highest BCUT2D eigenvalue weighted by Gasteiger charge is 2.43. The van der Waals surface area contributed by atoms with E-state index in [0.29, 0.717) is 17.2 Å². The molecule has 6 rings (SSSR count). The van der Waals surface area contributed by atoms with Crippen LogP contribution in [0.25, 0.3) is 34.5 Å². The summed E-state index contributed by atoms with van der Waals surface area (Å²) in [6, 6.07) is 20.4. The van der Waals surface area contributed by atoms with Gasteiger partial charge in [-0.1, -0.05) is 141 Å². The summed E-state index contributed by atoms with van der Waals surface area (Å²) in [5, 5.41) is 15.1. The highest BCUT2D eigenvalue weighted by molar-refractivity contribution is 5.75. The van der Waals surface area contributed by atoms with E-state index in [1.165, 1.54) is 107 Å². The first-order chi connectivity index (χ1) is 28.5. The predicted molar refractivity (Wildman–Crippen MR) is 240 cm³/mol. The van der Waals surface area contributed by atoms with Crippen molar-refractivity contribution in [3.8, 4) is 34.3 Å². The van der Waals surface area contributed by atoms with Gasteiger partial charge in [-0.15, -0.1) is 10.2 Å². The third-order valence-corrected chi connectivity index (χ3v) is 11.9. The molecule has 0 saturated heterocycles. The van der Waals surface area contributed by atoms with Crippen molar-refractivity contribution in [3.05, 3.63) is 102 Å². The maximum Gasteiger partial charge on any atom is 0.203 e. The van der Waals surface area contributed by atoms with Gasteiger partial charge in [-0.3, -0.25) is 4.98 Å². The first-order valence-electron chi connectivity index (χ1n) is 22.2. The SMILES string of the molecule is CCCCCCCCCCCCCCCCN1/C(=C/C=C/C=c2/c(-c3ccccc3OC)nn3c(-c4ccccn4)nnc23)C(C)(CCCC)c2cc(OC)ccc21. The number of anilines is 1. The van der Waals surface area contributed by atoms with Crippen LogP contribution >= 0.6 is 0 Å². The summed E-state index contributed by atoms with van der Waals surface area (Å²) in [4.78, 5) is 7.13. The van der Waals surface area contributed by atoms with Gasteiger partial charge >= 0.3 is 0 Å². The molecule has 3 aromatic heterocycles. The molecule has 1 aliphatic rings. The number of methoxy groups -OCH3 is 2. The van der Waals surface area contributed by atoms with E-state index in [2.05, 4.69) is 83.4 Å². The zero-order valence-electron chi connectivity index (χ0n) is 35.9. The van der Waals surface area contributed by atoms with Gasteiger partial charge in [-0.25, -0.2) is 0 Å². The summed E-state index contributed by atoms with van der Waals surface area (Å²) < 4.78 is 13.4. The molecule has 8 heteroatoms. The fraction of sp³-hybridized carbons (Fsp3) is 0.480. The first kappa shape index (κ1) is 42.6. The van der Waals surface area contributed by atoms with Crippen molar-refractivity contribution < 1.29 is 9.47 Å². The molecule has 0 spiro atoms. The Labute approximate surface area is 347 Å². The Balaban J connectivity index is 1.23. The van der Waals surface area contributed by atoms with Gasteiger partial charge in [0.05, 0.1) is 14.2 Å². The number of fused-ring (bicyclic) bond motifs is 2. The van der Waals surface area contributed by atoms with Crippen molar-refractivity contribution in [1.29, 1.82) is 0 Å². The van der Waals surface area contributed by atoms with Gasteiger partial charge in [0.15, 0.2) is 5.65 Å². The number of nitrogens with zero attached hydrogens (tertiary/aromatic N) is 6. The van der Waals surface area contributed by atoms with Crippen molar-refractivity contribution >= 4 is 17.4 Å². The maximum absolute atomic E-state index is 5.79. The molecule has 0 radical (unpaired) electrons. The van der Waals surface area contributed by atoms with Crippen LogP contribution < -0.4 is 19.6 Å². The second kappa shape index (κ2) is 21.7. The van der Waals surface area contributed by atoms with Crippen molar-refractivity contribution in [3.63, 3.8) is 0 Å². The van der Waals surface area contributed by atoms with Crippen LogP contribution in [0.5, 0.6) is 11.5 Å². The lowest BCUT2D eigenvalue weighted by Gasteiger charge is -2.30. The van der Waals surface area contributed by atoms with Crippen LogP contribution in [0.4, 0.5) is 5.69 Å². The number of rotatable bonds is 24. The third-order valence-electron chi connectivity index (χ3n) is 11.9. The molecular formula is C50H66N6O2. The van der Waals surface area contributed by atoms with Crippen molar-refractivity contribution in [1.82, 2.24) is 24.8 Å². The van der Waals surface area contributed by atoms with Gasteiger partial charge in [-0.05, 0) is 79.9 Å². The van der Waals surface area contributed by atoms with Crippen molar-refractivity contribution in [2.75, 3.05) is 25.7 Å². The average Bonchev–Trinajstić information content (AvgIpc) is 3.90. The van der Waals surface area contributed by atoms with E-state index >= 15 is 0 Å². The fourth-order valence-electron chi connectivity index (χ4n) is 8.61. The highest BCUT2D eigenvalue weighted by atomic mass is 16.5. The first-order valence-corrected chi connectivity index (χ1v) is 22.2. The Morgan fingerprint density at radius 2 is 1.36 bits per heavy atom. The second-order valence-electron chi connectivity index (χ2n) is 16.1. The molecule has 4 heterocycles. The van der Waals surface area contributed by atoms with Crippen LogP contribution in [0.15, 0.2) is 90.8 Å². The highest BCUT2D eigenvalue weighted by Crippen LogP contribution is 2.52. The predicted octanol–water partition coefficient (Wildman–Crippen LogP) is 12.3. The third kappa shape index (κ3) is 10.2. The van der Waals surface area contributed by atoms with Gasteiger partial charge < -0.3 is 14.4 Å². The smallest absolute Gasteiger partial charge is 0.203 e. The lowest BCUT2D eigenvalue weighted by Crippen LogP contribution is -2.29. The van der Waals surface area contributed by atoms with Crippen LogP contribution in [0.1, 0.15) is 135 Å². The van der Waals surface area contributed by atoms with Gasteiger partial charge in [-0.2, -0.15) is 9.61 Å². The van der Waals surface area contributed by atoms with E-state index in [4.69, 9.17) is 14.6 Å². The quantitative estimate of drug-likeness (QED) is 0.0577. The Kier molecular flexibility index (Phi) is 15.9. The Hall–Kier alpha value is -4.98. The number of hydrogen-bond donors (Lipinski definition) is 0. The van der Waals surface area contributed by atoms with Crippen LogP contribution in [0, 0.1) is 0 Å². The van der Waals surface area contributed by atoms with E-state index in [0.717, 1.165) is 53.8 Å². The normalized spacial score (nSPS) is 16.3. The summed E-state index contributed by atoms with van der Waals surface area (Å²) in [5.41, 5.74) is 6.95. The van der Waals surface area contributed by atoms with Gasteiger partial charge in [0.2, 0.25) is 5.82 Å². The number of unbranched alkanes of at least 4 members (excludes halogenated alkanes) is 14. The Morgan fingerprint density at radius 1 is 0.690 bits per heavy atom. The summed E-state index contributed by atoms with van der Waals surface area (Å²) in [5.74, 6) is 2.27. The molecule has 58 heavy (non-hydrogen) atoms. The van der Waals surface area contributed by atoms with E-state index < -0.39 is 0 Å². The van der Waals surface area contributed by atoms with Crippen molar-refractivity contribution in [2.45, 2.75) is 135 Å². The summed E-state index contributed by atoms with van der Waals surface area (Å²) in [6.07, 6.45) is 32.9. The molecule has 2 aromatic carbocycles. The van der Waals surface area contributed by atoms with Gasteiger partial charge in [0.1, 0.15) is 22.9 Å². The number of aromatic nitrogens is 5. The van der Waals surface area contributed by atoms with Crippen LogP contribution in [-0.4, -0.2) is 45.6 Å². The van der Waals surface area contributed by atoms with Crippen molar-refractivity contribution in [2.24, 2.45) is 0 Å². The second-order valence-corrected chi connectivity index (χ2v) is 16.1. The number of allylic oxidation sites excluding steroid dienone is 4. The molecule has 8 nitrogen and oxygen atoms in total. The molecule has 1 aliphatic heterocycles. The molecule has 0 fully saturated rings. The lowest BCUT2D eigenvalue weighted by molar-refractivity contribution is 0.412. The van der Waals surface area contributed by atoms with E-state index in [1.807, 2.05) is 42.5 Å². The monoisotopic (exact) mass is 783 g/mol. The standard InChI is InChI=1S/C50H66N6O2/c1-6-8-10-11-12-13-14-15-16-17-18-19-20-27-37-55-44-34-33-39(57-4)38-42(44)50(3,35-9-7-2)46(55)32-24-22-29-41-47(40-28-21-23-31-45(40)58-5)54-56-48(41)52-53-49(56)43-30-25-26-36-51-43/h21-26,28-34,36,38H,6-20,27,35,37H2,1-5H3/b24-22+,41-29-,46-32+. The molecule has 0 aliphatic carbocycles. The molecule has 308 valence electrons. The number of pyridine rings is 1. The summed E-state index contributed by atoms with van der Waals surface area (Å²) in [6.45, 7) is 8.01. The molecule has 0 bridgehead atoms. The molecule has 0 saturated carbocycles. The molecule has 1 unspecified atom stereocenters. The minimum Gasteiger partial charge on any atom is -0.497 e.